The standard InChI is InChI=1S/C20H16N4O4/c25-17(21-8-12-5-6-15-16(7-12)28-11-27-15)9-24-10-22-18-13-3-1-2-4-14(13)23-19(18)20(24)26/h1-7,10,23H,8-9,11H2,(H,21,25). The molecule has 0 fully saturated rings. The van der Waals surface area contributed by atoms with Crippen molar-refractivity contribution in [2.24, 2.45) is 0 Å². The van der Waals surface area contributed by atoms with Crippen molar-refractivity contribution in [2.75, 3.05) is 6.79 Å². The van der Waals surface area contributed by atoms with Crippen LogP contribution >= 0.6 is 0 Å². The Labute approximate surface area is 158 Å². The van der Waals surface area contributed by atoms with Crippen LogP contribution in [-0.4, -0.2) is 27.2 Å². The average molecular weight is 376 g/mol. The van der Waals surface area contributed by atoms with E-state index in [1.165, 1.54) is 10.9 Å². The van der Waals surface area contributed by atoms with Crippen LogP contribution in [0.3, 0.4) is 0 Å². The van der Waals surface area contributed by atoms with E-state index in [-0.39, 0.29) is 24.8 Å². The summed E-state index contributed by atoms with van der Waals surface area (Å²) >= 11 is 0. The van der Waals surface area contributed by atoms with Gasteiger partial charge in [0.05, 0.1) is 6.33 Å². The molecule has 4 aromatic rings. The summed E-state index contributed by atoms with van der Waals surface area (Å²) in [6, 6.07) is 13.1. The molecule has 2 aromatic heterocycles. The Bertz CT molecular complexity index is 1270. The molecule has 2 aromatic carbocycles. The van der Waals surface area contributed by atoms with E-state index in [9.17, 15) is 9.59 Å². The number of H-pyrrole nitrogens is 1. The molecule has 0 saturated carbocycles. The van der Waals surface area contributed by atoms with Gasteiger partial charge in [-0.1, -0.05) is 24.3 Å². The topological polar surface area (TPSA) is 98.2 Å². The first-order chi connectivity index (χ1) is 13.7. The van der Waals surface area contributed by atoms with Crippen LogP contribution in [0.15, 0.2) is 53.6 Å². The Morgan fingerprint density at radius 1 is 1.18 bits per heavy atom. The molecule has 0 aliphatic carbocycles. The van der Waals surface area contributed by atoms with Gasteiger partial charge in [-0.2, -0.15) is 0 Å². The highest BCUT2D eigenvalue weighted by atomic mass is 16.7. The molecule has 28 heavy (non-hydrogen) atoms. The van der Waals surface area contributed by atoms with Crippen molar-refractivity contribution in [3.63, 3.8) is 0 Å². The van der Waals surface area contributed by atoms with Crippen LogP contribution in [0.5, 0.6) is 11.5 Å². The molecular formula is C20H16N4O4. The molecule has 2 N–H and O–H groups in total. The van der Waals surface area contributed by atoms with E-state index in [0.29, 0.717) is 29.1 Å². The maximum atomic E-state index is 12.7. The van der Waals surface area contributed by atoms with Crippen LogP contribution in [0.1, 0.15) is 5.56 Å². The van der Waals surface area contributed by atoms with Crippen LogP contribution in [0.4, 0.5) is 0 Å². The number of hydrogen-bond acceptors (Lipinski definition) is 5. The number of aromatic nitrogens is 3. The highest BCUT2D eigenvalue weighted by Crippen LogP contribution is 2.32. The number of rotatable bonds is 4. The van der Waals surface area contributed by atoms with E-state index in [1.54, 1.807) is 0 Å². The minimum absolute atomic E-state index is 0.109. The predicted molar refractivity (Wildman–Crippen MR) is 102 cm³/mol. The van der Waals surface area contributed by atoms with Crippen LogP contribution < -0.4 is 20.3 Å². The molecule has 1 aliphatic rings. The Kier molecular flexibility index (Phi) is 3.75. The van der Waals surface area contributed by atoms with Gasteiger partial charge in [0.25, 0.3) is 5.56 Å². The number of benzene rings is 2. The molecule has 0 saturated heterocycles. The Hall–Kier alpha value is -3.81. The van der Waals surface area contributed by atoms with Gasteiger partial charge in [-0.15, -0.1) is 0 Å². The summed E-state index contributed by atoms with van der Waals surface area (Å²) in [5.41, 5.74) is 2.45. The summed E-state index contributed by atoms with van der Waals surface area (Å²) in [4.78, 5) is 32.5. The van der Waals surface area contributed by atoms with Gasteiger partial charge >= 0.3 is 0 Å². The molecule has 0 unspecified atom stereocenters. The van der Waals surface area contributed by atoms with Crippen LogP contribution in [0, 0.1) is 0 Å². The first-order valence-corrected chi connectivity index (χ1v) is 8.80. The van der Waals surface area contributed by atoms with Crippen molar-refractivity contribution >= 4 is 27.8 Å². The Morgan fingerprint density at radius 3 is 2.96 bits per heavy atom. The van der Waals surface area contributed by atoms with Gasteiger partial charge in [0.15, 0.2) is 11.5 Å². The molecule has 1 amide bonds. The number of nitrogens with one attached hydrogen (secondary N) is 2. The largest absolute Gasteiger partial charge is 0.454 e. The second-order valence-electron chi connectivity index (χ2n) is 6.54. The lowest BCUT2D eigenvalue weighted by molar-refractivity contribution is -0.121. The van der Waals surface area contributed by atoms with Gasteiger partial charge in [0, 0.05) is 17.4 Å². The fourth-order valence-corrected chi connectivity index (χ4v) is 3.31. The van der Waals surface area contributed by atoms with Crippen LogP contribution in [-0.2, 0) is 17.9 Å². The second-order valence-corrected chi connectivity index (χ2v) is 6.54. The number of carbonyl (C=O) groups excluding carboxylic acids is 1. The molecular weight excluding hydrogens is 360 g/mol. The van der Waals surface area contributed by atoms with E-state index in [0.717, 1.165) is 16.5 Å². The highest BCUT2D eigenvalue weighted by Gasteiger charge is 2.15. The van der Waals surface area contributed by atoms with E-state index < -0.39 is 0 Å². The van der Waals surface area contributed by atoms with Gasteiger partial charge in [0.2, 0.25) is 12.7 Å². The molecule has 3 heterocycles. The van der Waals surface area contributed by atoms with Crippen molar-refractivity contribution in [3.8, 4) is 11.5 Å². The van der Waals surface area contributed by atoms with E-state index in [4.69, 9.17) is 9.47 Å². The number of para-hydroxylation sites is 1. The zero-order valence-electron chi connectivity index (χ0n) is 14.8. The maximum absolute atomic E-state index is 12.7. The number of carbonyl (C=O) groups is 1. The third-order valence-electron chi connectivity index (χ3n) is 4.72. The molecule has 8 nitrogen and oxygen atoms in total. The summed E-state index contributed by atoms with van der Waals surface area (Å²) in [5.74, 6) is 1.08. The lowest BCUT2D eigenvalue weighted by Gasteiger charge is -2.08. The van der Waals surface area contributed by atoms with Crippen LogP contribution in [0.25, 0.3) is 21.9 Å². The molecule has 0 radical (unpaired) electrons. The van der Waals surface area contributed by atoms with Gasteiger partial charge in [-0.05, 0) is 23.8 Å². The minimum atomic E-state index is -0.281. The van der Waals surface area contributed by atoms with E-state index >= 15 is 0 Å². The summed E-state index contributed by atoms with van der Waals surface area (Å²) in [7, 11) is 0. The van der Waals surface area contributed by atoms with Crippen molar-refractivity contribution < 1.29 is 14.3 Å². The first-order valence-electron chi connectivity index (χ1n) is 8.80. The first kappa shape index (κ1) is 16.4. The number of ether oxygens (including phenoxy) is 2. The Balaban J connectivity index is 1.33. The zero-order valence-corrected chi connectivity index (χ0v) is 14.8. The lowest BCUT2D eigenvalue weighted by atomic mass is 10.2. The second kappa shape index (κ2) is 6.41. The van der Waals surface area contributed by atoms with Crippen molar-refractivity contribution in [1.82, 2.24) is 19.9 Å². The van der Waals surface area contributed by atoms with E-state index in [1.807, 2.05) is 42.5 Å². The molecule has 0 bridgehead atoms. The predicted octanol–water partition coefficient (Wildman–Crippen LogP) is 1.92. The van der Waals surface area contributed by atoms with Crippen molar-refractivity contribution in [1.29, 1.82) is 0 Å². The molecule has 0 spiro atoms. The fourth-order valence-electron chi connectivity index (χ4n) is 3.31. The Morgan fingerprint density at radius 2 is 2.04 bits per heavy atom. The quantitative estimate of drug-likeness (QED) is 0.567. The number of fused-ring (bicyclic) bond motifs is 4. The van der Waals surface area contributed by atoms with Crippen molar-refractivity contribution in [2.45, 2.75) is 13.1 Å². The monoisotopic (exact) mass is 376 g/mol. The third-order valence-corrected chi connectivity index (χ3v) is 4.72. The average Bonchev–Trinajstić information content (AvgIpc) is 3.33. The molecule has 8 heteroatoms. The smallest absolute Gasteiger partial charge is 0.278 e. The van der Waals surface area contributed by atoms with E-state index in [2.05, 4.69) is 15.3 Å². The van der Waals surface area contributed by atoms with Crippen molar-refractivity contribution in [3.05, 3.63) is 64.7 Å². The highest BCUT2D eigenvalue weighted by molar-refractivity contribution is 6.04. The summed E-state index contributed by atoms with van der Waals surface area (Å²) in [6.07, 6.45) is 1.41. The van der Waals surface area contributed by atoms with Crippen LogP contribution in [0.2, 0.25) is 0 Å². The number of nitrogens with zero attached hydrogens (tertiary/aromatic N) is 2. The molecule has 1 aliphatic heterocycles. The summed E-state index contributed by atoms with van der Waals surface area (Å²) < 4.78 is 11.9. The SMILES string of the molecule is O=C(Cn1cnc2c([nH]c3ccccc32)c1=O)NCc1ccc2c(c1)OCO2. The summed E-state index contributed by atoms with van der Waals surface area (Å²) in [5, 5.41) is 3.69. The van der Waals surface area contributed by atoms with Gasteiger partial charge in [-0.25, -0.2) is 4.98 Å². The fraction of sp³-hybridized carbons (Fsp3) is 0.150. The maximum Gasteiger partial charge on any atom is 0.278 e. The van der Waals surface area contributed by atoms with Gasteiger partial charge in [0.1, 0.15) is 17.6 Å². The van der Waals surface area contributed by atoms with Gasteiger partial charge < -0.3 is 19.8 Å². The minimum Gasteiger partial charge on any atom is -0.454 e. The normalized spacial score (nSPS) is 12.6. The number of aromatic amines is 1. The summed E-state index contributed by atoms with van der Waals surface area (Å²) in [6.45, 7) is 0.422. The van der Waals surface area contributed by atoms with Gasteiger partial charge in [-0.3, -0.25) is 14.2 Å². The molecule has 0 atom stereocenters. The number of hydrogen-bond donors (Lipinski definition) is 2. The lowest BCUT2D eigenvalue weighted by Crippen LogP contribution is -2.32. The number of amides is 1. The third kappa shape index (κ3) is 2.75. The molecule has 5 rings (SSSR count). The zero-order chi connectivity index (χ0) is 19.1. The molecule has 140 valence electrons.